The molecule has 6 heteroatoms. The van der Waals surface area contributed by atoms with Crippen molar-refractivity contribution in [2.75, 3.05) is 0 Å². The van der Waals surface area contributed by atoms with Gasteiger partial charge in [0.1, 0.15) is 5.69 Å². The van der Waals surface area contributed by atoms with E-state index in [-0.39, 0.29) is 17.6 Å². The summed E-state index contributed by atoms with van der Waals surface area (Å²) in [7, 11) is 0. The molecule has 3 nitrogen and oxygen atoms in total. The van der Waals surface area contributed by atoms with E-state index in [2.05, 4.69) is 22.0 Å². The molecule has 2 saturated heterocycles. The first-order valence-electron chi connectivity index (χ1n) is 9.41. The zero-order valence-electron chi connectivity index (χ0n) is 15.0. The molecule has 2 unspecified atom stereocenters. The molecule has 0 amide bonds. The van der Waals surface area contributed by atoms with Crippen LogP contribution in [0, 0.1) is 0 Å². The Bertz CT molecular complexity index is 780. The number of hydrogen-bond acceptors (Lipinski definition) is 3. The molecule has 3 heterocycles. The van der Waals surface area contributed by atoms with E-state index >= 15 is 0 Å². The maximum Gasteiger partial charge on any atom is 0.433 e. The van der Waals surface area contributed by atoms with Crippen LogP contribution in [0.1, 0.15) is 48.9 Å². The van der Waals surface area contributed by atoms with Gasteiger partial charge in [-0.15, -0.1) is 0 Å². The van der Waals surface area contributed by atoms with Gasteiger partial charge < -0.3 is 5.11 Å². The fourth-order valence-electron chi connectivity index (χ4n) is 4.80. The van der Waals surface area contributed by atoms with E-state index in [1.807, 2.05) is 18.2 Å². The fraction of sp³-hybridized carbons (Fsp3) is 0.476. The van der Waals surface area contributed by atoms with E-state index in [1.165, 1.54) is 17.7 Å². The van der Waals surface area contributed by atoms with E-state index in [0.29, 0.717) is 12.8 Å². The molecule has 2 fully saturated rings. The van der Waals surface area contributed by atoms with Gasteiger partial charge in [-0.05, 0) is 37.3 Å². The molecule has 144 valence electrons. The number of nitrogens with zero attached hydrogens (tertiary/aromatic N) is 2. The van der Waals surface area contributed by atoms with Crippen LogP contribution in [-0.4, -0.2) is 27.1 Å². The van der Waals surface area contributed by atoms with Gasteiger partial charge in [0, 0.05) is 30.4 Å². The van der Waals surface area contributed by atoms with Crippen molar-refractivity contribution in [1.82, 2.24) is 9.88 Å². The number of halogens is 3. The molecule has 0 spiro atoms. The lowest BCUT2D eigenvalue weighted by atomic mass is 9.72. The van der Waals surface area contributed by atoms with Crippen LogP contribution in [0.25, 0.3) is 0 Å². The van der Waals surface area contributed by atoms with E-state index in [9.17, 15) is 18.3 Å². The maximum atomic E-state index is 13.4. The zero-order valence-corrected chi connectivity index (χ0v) is 15.0. The Morgan fingerprint density at radius 1 is 1.04 bits per heavy atom. The summed E-state index contributed by atoms with van der Waals surface area (Å²) in [6, 6.07) is 13.1. The van der Waals surface area contributed by atoms with Crippen LogP contribution in [0.3, 0.4) is 0 Å². The topological polar surface area (TPSA) is 36.4 Å². The summed E-state index contributed by atoms with van der Waals surface area (Å²) in [5, 5.41) is 11.3. The van der Waals surface area contributed by atoms with Crippen molar-refractivity contribution < 1.29 is 18.3 Å². The lowest BCUT2D eigenvalue weighted by molar-refractivity contribution is -0.149. The summed E-state index contributed by atoms with van der Waals surface area (Å²) in [5.74, 6) is 0. The van der Waals surface area contributed by atoms with Gasteiger partial charge in [0.15, 0.2) is 0 Å². The second-order valence-electron chi connectivity index (χ2n) is 7.73. The molecule has 0 radical (unpaired) electrons. The van der Waals surface area contributed by atoms with Gasteiger partial charge in [-0.2, -0.15) is 13.2 Å². The fourth-order valence-corrected chi connectivity index (χ4v) is 4.80. The Morgan fingerprint density at radius 2 is 1.70 bits per heavy atom. The summed E-state index contributed by atoms with van der Waals surface area (Å²) in [5.41, 5.74) is -1.32. The number of rotatable bonds is 3. The minimum atomic E-state index is -4.57. The summed E-state index contributed by atoms with van der Waals surface area (Å²) in [6.07, 6.45) is 0.0379. The molecule has 1 aromatic carbocycles. The van der Waals surface area contributed by atoms with E-state index < -0.39 is 17.5 Å². The van der Waals surface area contributed by atoms with Crippen molar-refractivity contribution >= 4 is 0 Å². The number of benzene rings is 1. The van der Waals surface area contributed by atoms with Crippen LogP contribution in [0.5, 0.6) is 0 Å². The Hall–Kier alpha value is -1.92. The van der Waals surface area contributed by atoms with E-state index in [1.54, 1.807) is 0 Å². The average Bonchev–Trinajstić information content (AvgIpc) is 2.63. The van der Waals surface area contributed by atoms with Gasteiger partial charge in [-0.1, -0.05) is 42.8 Å². The number of hydrogen-bond donors (Lipinski definition) is 1. The van der Waals surface area contributed by atoms with Crippen molar-refractivity contribution in [3.63, 3.8) is 0 Å². The molecular formula is C21H23F3N2O. The number of fused-ring (bicyclic) bond motifs is 2. The first kappa shape index (κ1) is 18.4. The number of pyridine rings is 1. The highest BCUT2D eigenvalue weighted by Gasteiger charge is 2.49. The lowest BCUT2D eigenvalue weighted by Gasteiger charge is -2.52. The number of piperidine rings is 2. The van der Waals surface area contributed by atoms with Gasteiger partial charge in [0.2, 0.25) is 0 Å². The molecule has 2 aliphatic rings. The van der Waals surface area contributed by atoms with Crippen molar-refractivity contribution in [3.05, 3.63) is 65.5 Å². The second kappa shape index (κ2) is 6.91. The molecule has 4 rings (SSSR count). The minimum Gasteiger partial charge on any atom is -0.385 e. The number of alkyl halides is 3. The van der Waals surface area contributed by atoms with Crippen molar-refractivity contribution in [2.45, 2.75) is 62.5 Å². The third-order valence-corrected chi connectivity index (χ3v) is 5.94. The normalized spacial score (nSPS) is 28.9. The highest BCUT2D eigenvalue weighted by molar-refractivity contribution is 5.31. The first-order chi connectivity index (χ1) is 12.9. The molecular weight excluding hydrogens is 353 g/mol. The Labute approximate surface area is 156 Å². The van der Waals surface area contributed by atoms with Crippen LogP contribution >= 0.6 is 0 Å². The largest absolute Gasteiger partial charge is 0.433 e. The monoisotopic (exact) mass is 376 g/mol. The maximum absolute atomic E-state index is 13.4. The van der Waals surface area contributed by atoms with Crippen LogP contribution in [0.2, 0.25) is 0 Å². The van der Waals surface area contributed by atoms with Gasteiger partial charge in [0.25, 0.3) is 0 Å². The molecule has 1 N–H and O–H groups in total. The molecule has 2 bridgehead atoms. The molecule has 1 aromatic heterocycles. The summed E-state index contributed by atoms with van der Waals surface area (Å²) in [6.45, 7) is 0.769. The standard InChI is InChI=1S/C21H23F3N2O/c22-21(23,24)19-18(10-5-11-25-19)20(27)12-16-8-4-9-17(13-20)26(16)14-15-6-2-1-3-7-15/h1-3,5-7,10-11,16-17,27H,4,8-9,12-14H2. The van der Waals surface area contributed by atoms with Gasteiger partial charge >= 0.3 is 6.18 Å². The SMILES string of the molecule is OC1(c2cccnc2C(F)(F)F)CC2CCCC(C1)N2Cc1ccccc1. The molecule has 2 aliphatic heterocycles. The van der Waals surface area contributed by atoms with Crippen LogP contribution in [0.4, 0.5) is 13.2 Å². The smallest absolute Gasteiger partial charge is 0.385 e. The number of aromatic nitrogens is 1. The van der Waals surface area contributed by atoms with Crippen molar-refractivity contribution in [1.29, 1.82) is 0 Å². The summed E-state index contributed by atoms with van der Waals surface area (Å²) >= 11 is 0. The number of aliphatic hydroxyl groups is 1. The van der Waals surface area contributed by atoms with Gasteiger partial charge in [0.05, 0.1) is 5.60 Å². The molecule has 27 heavy (non-hydrogen) atoms. The van der Waals surface area contributed by atoms with Crippen molar-refractivity contribution in [2.24, 2.45) is 0 Å². The quantitative estimate of drug-likeness (QED) is 0.857. The van der Waals surface area contributed by atoms with Crippen molar-refractivity contribution in [3.8, 4) is 0 Å². The molecule has 2 aromatic rings. The average molecular weight is 376 g/mol. The summed E-state index contributed by atoms with van der Waals surface area (Å²) in [4.78, 5) is 5.92. The molecule has 0 saturated carbocycles. The predicted molar refractivity (Wildman–Crippen MR) is 95.8 cm³/mol. The Kier molecular flexibility index (Phi) is 4.72. The zero-order chi connectivity index (χ0) is 19.1. The highest BCUT2D eigenvalue weighted by atomic mass is 19.4. The third kappa shape index (κ3) is 3.60. The Balaban J connectivity index is 1.63. The molecule has 0 aliphatic carbocycles. The van der Waals surface area contributed by atoms with E-state index in [0.717, 1.165) is 32.0 Å². The van der Waals surface area contributed by atoms with Crippen LogP contribution in [0.15, 0.2) is 48.7 Å². The predicted octanol–water partition coefficient (Wildman–Crippen LogP) is 4.51. The van der Waals surface area contributed by atoms with E-state index in [4.69, 9.17) is 0 Å². The second-order valence-corrected chi connectivity index (χ2v) is 7.73. The summed E-state index contributed by atoms with van der Waals surface area (Å²) < 4.78 is 40.3. The lowest BCUT2D eigenvalue weighted by Crippen LogP contribution is -2.56. The minimum absolute atomic E-state index is 0.0731. The van der Waals surface area contributed by atoms with Crippen LogP contribution in [-0.2, 0) is 18.3 Å². The van der Waals surface area contributed by atoms with Gasteiger partial charge in [-0.3, -0.25) is 9.88 Å². The Morgan fingerprint density at radius 3 is 2.33 bits per heavy atom. The highest BCUT2D eigenvalue weighted by Crippen LogP contribution is 2.47. The van der Waals surface area contributed by atoms with Gasteiger partial charge in [-0.25, -0.2) is 0 Å². The van der Waals surface area contributed by atoms with Crippen LogP contribution < -0.4 is 0 Å². The third-order valence-electron chi connectivity index (χ3n) is 5.94. The molecule has 2 atom stereocenters. The first-order valence-corrected chi connectivity index (χ1v) is 9.41.